The molecular weight excluding hydrogens is 228 g/mol. The lowest BCUT2D eigenvalue weighted by Crippen LogP contribution is -1.85. The van der Waals surface area contributed by atoms with Gasteiger partial charge < -0.3 is 0 Å². The van der Waals surface area contributed by atoms with Crippen LogP contribution in [0, 0.1) is 0 Å². The van der Waals surface area contributed by atoms with Gasteiger partial charge in [-0.1, -0.05) is 123 Å². The first kappa shape index (κ1) is 19.0. The number of hydrogen-bond donors (Lipinski definition) is 0. The van der Waals surface area contributed by atoms with Crippen LogP contribution in [0.15, 0.2) is 0 Å². The third-order valence-electron chi connectivity index (χ3n) is 4.50. The van der Waals surface area contributed by atoms with Crippen LogP contribution in [0.5, 0.6) is 0 Å². The summed E-state index contributed by atoms with van der Waals surface area (Å²) in [6.45, 7) is 0. The van der Waals surface area contributed by atoms with Crippen LogP contribution in [-0.2, 0) is 0 Å². The van der Waals surface area contributed by atoms with Gasteiger partial charge in [-0.2, -0.15) is 0 Å². The smallest absolute Gasteiger partial charge is 0.0533 e. The molecule has 0 nitrogen and oxygen atoms in total. The van der Waals surface area contributed by atoms with Crippen LogP contribution in [0.25, 0.3) is 0 Å². The maximum atomic E-state index is 1.50. The molecule has 0 aliphatic heterocycles. The monoisotopic (exact) mass is 268 g/mol. The maximum Gasteiger partial charge on any atom is -0.0533 e. The Kier molecular flexibility index (Phi) is 16.1. The van der Waals surface area contributed by atoms with Crippen molar-refractivity contribution in [1.29, 1.82) is 0 Å². The van der Waals surface area contributed by atoms with E-state index in [0.717, 1.165) is 0 Å². The highest BCUT2D eigenvalue weighted by molar-refractivity contribution is 4.52. The highest BCUT2D eigenvalue weighted by atomic mass is 14.0. The van der Waals surface area contributed by atoms with Gasteiger partial charge in [0, 0.05) is 0 Å². The van der Waals surface area contributed by atoms with Gasteiger partial charge in [0.25, 0.3) is 0 Å². The first-order valence-corrected chi connectivity index (χ1v) is 9.00. The van der Waals surface area contributed by atoms with Gasteiger partial charge in [0.05, 0.1) is 0 Å². The molecule has 0 aromatic heterocycles. The number of rotatable bonds is 0. The van der Waals surface area contributed by atoms with Crippen LogP contribution in [0.4, 0.5) is 0 Å². The van der Waals surface area contributed by atoms with E-state index in [-0.39, 0.29) is 7.43 Å². The summed E-state index contributed by atoms with van der Waals surface area (Å²) in [6, 6.07) is 0. The van der Waals surface area contributed by atoms with Crippen LogP contribution < -0.4 is 0 Å². The molecule has 0 bridgehead atoms. The minimum atomic E-state index is 0. The molecule has 0 radical (unpaired) electrons. The lowest BCUT2D eigenvalue weighted by molar-refractivity contribution is 0.504. The summed E-state index contributed by atoms with van der Waals surface area (Å²) >= 11 is 0. The lowest BCUT2D eigenvalue weighted by Gasteiger charge is -2.05. The molecule has 3 aliphatic carbocycles. The van der Waals surface area contributed by atoms with E-state index in [1.54, 1.807) is 0 Å². The third-order valence-corrected chi connectivity index (χ3v) is 4.50. The summed E-state index contributed by atoms with van der Waals surface area (Å²) in [5, 5.41) is 0. The van der Waals surface area contributed by atoms with Gasteiger partial charge in [0.15, 0.2) is 0 Å². The Balaban J connectivity index is 0.000000252. The fraction of sp³-hybridized carbons (Fsp3) is 1.00. The van der Waals surface area contributed by atoms with E-state index in [0.29, 0.717) is 0 Å². The quantitative estimate of drug-likeness (QED) is 0.396. The molecule has 0 N–H and O–H groups in total. The molecule has 0 heteroatoms. The molecule has 0 atom stereocenters. The average molecular weight is 269 g/mol. The molecule has 116 valence electrons. The minimum Gasteiger partial charge on any atom is -0.0776 e. The van der Waals surface area contributed by atoms with Gasteiger partial charge >= 0.3 is 0 Å². The van der Waals surface area contributed by atoms with Gasteiger partial charge in [0.2, 0.25) is 0 Å². The van der Waals surface area contributed by atoms with Crippen molar-refractivity contribution in [2.45, 2.75) is 123 Å². The Morgan fingerprint density at radius 1 is 0.158 bits per heavy atom. The van der Waals surface area contributed by atoms with Crippen molar-refractivity contribution < 1.29 is 0 Å². The first-order chi connectivity index (χ1) is 9.00. The van der Waals surface area contributed by atoms with Crippen LogP contribution in [0.3, 0.4) is 0 Å². The van der Waals surface area contributed by atoms with E-state index < -0.39 is 0 Å². The second-order valence-corrected chi connectivity index (χ2v) is 6.36. The van der Waals surface area contributed by atoms with Gasteiger partial charge in [-0.25, -0.2) is 0 Å². The van der Waals surface area contributed by atoms with Crippen LogP contribution >= 0.6 is 0 Å². The fourth-order valence-corrected chi connectivity index (χ4v) is 3.18. The second-order valence-electron chi connectivity index (χ2n) is 6.36. The van der Waals surface area contributed by atoms with Crippen molar-refractivity contribution in [2.24, 2.45) is 0 Å². The molecule has 0 heterocycles. The SMILES string of the molecule is C.C1CCCC1.C1CCCCC1.C1CCCCCC1. The highest BCUT2D eigenvalue weighted by Gasteiger charge is 1.96. The molecule has 19 heavy (non-hydrogen) atoms. The number of hydrogen-bond acceptors (Lipinski definition) is 0. The molecule has 3 saturated carbocycles. The lowest BCUT2D eigenvalue weighted by atomic mass is 10.0. The van der Waals surface area contributed by atoms with Crippen LogP contribution in [0.2, 0.25) is 0 Å². The van der Waals surface area contributed by atoms with Crippen molar-refractivity contribution in [3.05, 3.63) is 0 Å². The largest absolute Gasteiger partial charge is 0.0776 e. The summed E-state index contributed by atoms with van der Waals surface area (Å²) in [5.74, 6) is 0. The molecule has 3 aliphatic rings. The Bertz CT molecular complexity index is 103. The summed E-state index contributed by atoms with van der Waals surface area (Å²) in [6.07, 6.45) is 27.0. The van der Waals surface area contributed by atoms with E-state index in [9.17, 15) is 0 Å². The molecule has 0 aromatic rings. The third kappa shape index (κ3) is 14.2. The van der Waals surface area contributed by atoms with E-state index in [4.69, 9.17) is 0 Å². The topological polar surface area (TPSA) is 0 Å². The Hall–Kier alpha value is 0. The van der Waals surface area contributed by atoms with Crippen molar-refractivity contribution in [1.82, 2.24) is 0 Å². The van der Waals surface area contributed by atoms with E-state index in [1.165, 1.54) is 116 Å². The van der Waals surface area contributed by atoms with Crippen molar-refractivity contribution in [2.75, 3.05) is 0 Å². The van der Waals surface area contributed by atoms with Crippen LogP contribution in [0.1, 0.15) is 123 Å². The molecular formula is C19H40. The standard InChI is InChI=1S/C7H14.C6H12.C5H10.CH4/c1-2-4-6-7-5-3-1;1-2-4-6-5-3-1;1-2-4-5-3-1;/h1-7H2;1-6H2;1-5H2;1H4. The first-order valence-electron chi connectivity index (χ1n) is 9.00. The summed E-state index contributed by atoms with van der Waals surface area (Å²) < 4.78 is 0. The Morgan fingerprint density at radius 2 is 0.211 bits per heavy atom. The maximum absolute atomic E-state index is 1.50. The molecule has 0 unspecified atom stereocenters. The van der Waals surface area contributed by atoms with Gasteiger partial charge in [-0.15, -0.1) is 0 Å². The summed E-state index contributed by atoms with van der Waals surface area (Å²) in [5.41, 5.74) is 0. The molecule has 0 spiro atoms. The molecule has 3 fully saturated rings. The average Bonchev–Trinajstić information content (AvgIpc) is 2.90. The van der Waals surface area contributed by atoms with E-state index >= 15 is 0 Å². The van der Waals surface area contributed by atoms with E-state index in [2.05, 4.69) is 0 Å². The normalized spacial score (nSPS) is 22.7. The predicted octanol–water partition coefficient (Wildman–Crippen LogP) is 7.66. The second kappa shape index (κ2) is 16.1. The molecule has 3 rings (SSSR count). The fourth-order valence-electron chi connectivity index (χ4n) is 3.18. The van der Waals surface area contributed by atoms with Crippen molar-refractivity contribution in [3.8, 4) is 0 Å². The van der Waals surface area contributed by atoms with E-state index in [1.807, 2.05) is 0 Å². The van der Waals surface area contributed by atoms with Crippen molar-refractivity contribution in [3.63, 3.8) is 0 Å². The summed E-state index contributed by atoms with van der Waals surface area (Å²) in [7, 11) is 0. The zero-order valence-corrected chi connectivity index (χ0v) is 12.7. The van der Waals surface area contributed by atoms with Gasteiger partial charge in [0.1, 0.15) is 0 Å². The Labute approximate surface area is 123 Å². The summed E-state index contributed by atoms with van der Waals surface area (Å²) in [4.78, 5) is 0. The zero-order valence-electron chi connectivity index (χ0n) is 12.7. The van der Waals surface area contributed by atoms with Gasteiger partial charge in [-0.3, -0.25) is 0 Å². The Morgan fingerprint density at radius 3 is 0.263 bits per heavy atom. The van der Waals surface area contributed by atoms with Gasteiger partial charge in [-0.05, 0) is 0 Å². The molecule has 0 amide bonds. The highest BCUT2D eigenvalue weighted by Crippen LogP contribution is 2.16. The molecule has 0 aromatic carbocycles. The van der Waals surface area contributed by atoms with Crippen molar-refractivity contribution >= 4 is 0 Å². The minimum absolute atomic E-state index is 0. The predicted molar refractivity (Wildman–Crippen MR) is 89.8 cm³/mol. The zero-order chi connectivity index (χ0) is 12.7. The molecule has 0 saturated heterocycles. The van der Waals surface area contributed by atoms with Crippen LogP contribution in [-0.4, -0.2) is 0 Å².